The van der Waals surface area contributed by atoms with Crippen LogP contribution in [0.5, 0.6) is 0 Å². The van der Waals surface area contributed by atoms with Crippen molar-refractivity contribution in [1.82, 2.24) is 9.80 Å². The van der Waals surface area contributed by atoms with Crippen molar-refractivity contribution >= 4 is 12.1 Å². The molecule has 1 fully saturated rings. The van der Waals surface area contributed by atoms with Gasteiger partial charge in [0.05, 0.1) is 0 Å². The number of nitrogens with zero attached hydrogens (tertiary/aromatic N) is 3. The Bertz CT molecular complexity index is 338. The number of amides is 1. The van der Waals surface area contributed by atoms with Gasteiger partial charge in [0.15, 0.2) is 0 Å². The van der Waals surface area contributed by atoms with Crippen molar-refractivity contribution < 1.29 is 14.7 Å². The van der Waals surface area contributed by atoms with Gasteiger partial charge in [-0.2, -0.15) is 0 Å². The van der Waals surface area contributed by atoms with Gasteiger partial charge in [0.1, 0.15) is 5.60 Å². The van der Waals surface area contributed by atoms with E-state index in [1.165, 1.54) is 0 Å². The lowest BCUT2D eigenvalue weighted by Crippen LogP contribution is -2.57. The molecule has 1 atom stereocenters. The van der Waals surface area contributed by atoms with E-state index < -0.39 is 5.60 Å². The minimum absolute atomic E-state index is 0.0473. The molecule has 1 heterocycles. The lowest BCUT2D eigenvalue weighted by molar-refractivity contribution is 0.00744. The molecule has 0 aliphatic carbocycles. The van der Waals surface area contributed by atoms with Gasteiger partial charge in [-0.15, -0.1) is 0 Å². The van der Waals surface area contributed by atoms with E-state index in [9.17, 15) is 4.79 Å². The maximum Gasteiger partial charge on any atom is 0.410 e. The molecule has 0 radical (unpaired) electrons. The second kappa shape index (κ2) is 5.32. The van der Waals surface area contributed by atoms with Gasteiger partial charge >= 0.3 is 6.09 Å². The summed E-state index contributed by atoms with van der Waals surface area (Å²) in [5.41, 5.74) is 5.02. The van der Waals surface area contributed by atoms with Gasteiger partial charge in [0.25, 0.3) is 0 Å². The van der Waals surface area contributed by atoms with E-state index in [4.69, 9.17) is 15.7 Å². The highest BCUT2D eigenvalue weighted by molar-refractivity contribution is 5.78. The third kappa shape index (κ3) is 3.68. The standard InChI is InChI=1S/C11H22N4O3/c1-8-7-14(9(12)13-17)5-6-15(8)10(16)18-11(2,3)4/h8,17H,5-7H2,1-4H3,(H2,12,13)/t8-/m0/s1. The molecule has 18 heavy (non-hydrogen) atoms. The van der Waals surface area contributed by atoms with E-state index in [1.807, 2.05) is 27.7 Å². The molecule has 0 aromatic rings. The predicted molar refractivity (Wildman–Crippen MR) is 67.4 cm³/mol. The molecule has 0 aromatic carbocycles. The maximum atomic E-state index is 11.9. The van der Waals surface area contributed by atoms with Crippen LogP contribution < -0.4 is 5.73 Å². The highest BCUT2D eigenvalue weighted by atomic mass is 16.6. The van der Waals surface area contributed by atoms with Gasteiger partial charge in [-0.05, 0) is 27.7 Å². The average molecular weight is 258 g/mol. The zero-order valence-electron chi connectivity index (χ0n) is 11.4. The second-order valence-electron chi connectivity index (χ2n) is 5.43. The van der Waals surface area contributed by atoms with Crippen LogP contribution in [0, 0.1) is 0 Å². The second-order valence-corrected chi connectivity index (χ2v) is 5.43. The van der Waals surface area contributed by atoms with Crippen LogP contribution in [-0.4, -0.2) is 58.3 Å². The van der Waals surface area contributed by atoms with E-state index in [-0.39, 0.29) is 18.1 Å². The van der Waals surface area contributed by atoms with E-state index in [2.05, 4.69) is 5.16 Å². The summed E-state index contributed by atoms with van der Waals surface area (Å²) in [4.78, 5) is 15.3. The molecule has 0 bridgehead atoms. The summed E-state index contributed by atoms with van der Waals surface area (Å²) in [6.07, 6.45) is -0.325. The number of carbonyl (C=O) groups is 1. The Kier molecular flexibility index (Phi) is 4.26. The molecule has 1 aliphatic rings. The molecule has 104 valence electrons. The third-order valence-corrected chi connectivity index (χ3v) is 2.68. The Balaban J connectivity index is 2.60. The maximum absolute atomic E-state index is 11.9. The summed E-state index contributed by atoms with van der Waals surface area (Å²) in [6.45, 7) is 8.95. The molecular formula is C11H22N4O3. The number of ether oxygens (including phenoxy) is 1. The van der Waals surface area contributed by atoms with Gasteiger partial charge < -0.3 is 25.5 Å². The lowest BCUT2D eigenvalue weighted by Gasteiger charge is -2.40. The molecule has 0 aromatic heterocycles. The number of hydrogen-bond acceptors (Lipinski definition) is 4. The first-order chi connectivity index (χ1) is 8.24. The number of rotatable bonds is 0. The van der Waals surface area contributed by atoms with Crippen molar-refractivity contribution in [2.45, 2.75) is 39.3 Å². The summed E-state index contributed by atoms with van der Waals surface area (Å²) in [6, 6.07) is -0.0473. The number of hydrogen-bond donors (Lipinski definition) is 2. The number of piperazine rings is 1. The number of guanidine groups is 1. The molecule has 7 heteroatoms. The molecular weight excluding hydrogens is 236 g/mol. The molecule has 1 amide bonds. The fourth-order valence-corrected chi connectivity index (χ4v) is 1.82. The number of nitrogens with two attached hydrogens (primary N) is 1. The summed E-state index contributed by atoms with van der Waals surface area (Å²) >= 11 is 0. The van der Waals surface area contributed by atoms with Crippen LogP contribution >= 0.6 is 0 Å². The Morgan fingerprint density at radius 2 is 2.06 bits per heavy atom. The van der Waals surface area contributed by atoms with Gasteiger partial charge in [0.2, 0.25) is 5.96 Å². The van der Waals surface area contributed by atoms with Gasteiger partial charge in [-0.3, -0.25) is 0 Å². The van der Waals surface area contributed by atoms with E-state index >= 15 is 0 Å². The van der Waals surface area contributed by atoms with Crippen LogP contribution in [0.1, 0.15) is 27.7 Å². The molecule has 0 spiro atoms. The SMILES string of the molecule is C[C@H]1CN(C(N)=NO)CCN1C(=O)OC(C)(C)C. The summed E-state index contributed by atoms with van der Waals surface area (Å²) in [7, 11) is 0. The fourth-order valence-electron chi connectivity index (χ4n) is 1.82. The highest BCUT2D eigenvalue weighted by Crippen LogP contribution is 2.15. The van der Waals surface area contributed by atoms with Crippen molar-refractivity contribution in [2.75, 3.05) is 19.6 Å². The smallest absolute Gasteiger partial charge is 0.410 e. The van der Waals surface area contributed by atoms with E-state index in [0.29, 0.717) is 19.6 Å². The lowest BCUT2D eigenvalue weighted by atomic mass is 10.2. The van der Waals surface area contributed by atoms with Crippen LogP contribution in [0.3, 0.4) is 0 Å². The average Bonchev–Trinajstić information content (AvgIpc) is 2.25. The molecule has 0 saturated carbocycles. The minimum Gasteiger partial charge on any atom is -0.444 e. The van der Waals surface area contributed by atoms with Crippen LogP contribution in [0.2, 0.25) is 0 Å². The number of oxime groups is 1. The molecule has 1 aliphatic heterocycles. The zero-order valence-corrected chi connectivity index (χ0v) is 11.4. The van der Waals surface area contributed by atoms with Crippen LogP contribution in [0.4, 0.5) is 4.79 Å². The van der Waals surface area contributed by atoms with Crippen molar-refractivity contribution in [3.05, 3.63) is 0 Å². The Hall–Kier alpha value is -1.66. The molecule has 3 N–H and O–H groups in total. The van der Waals surface area contributed by atoms with Crippen molar-refractivity contribution in [3.8, 4) is 0 Å². The first-order valence-electron chi connectivity index (χ1n) is 5.96. The van der Waals surface area contributed by atoms with Gasteiger partial charge in [-0.1, -0.05) is 5.16 Å². The summed E-state index contributed by atoms with van der Waals surface area (Å²) in [5, 5.41) is 11.6. The zero-order chi connectivity index (χ0) is 13.9. The first-order valence-corrected chi connectivity index (χ1v) is 5.96. The number of carbonyl (C=O) groups excluding carboxylic acids is 1. The van der Waals surface area contributed by atoms with Crippen molar-refractivity contribution in [2.24, 2.45) is 10.9 Å². The third-order valence-electron chi connectivity index (χ3n) is 2.68. The summed E-state index contributed by atoms with van der Waals surface area (Å²) < 4.78 is 5.33. The highest BCUT2D eigenvalue weighted by Gasteiger charge is 2.31. The largest absolute Gasteiger partial charge is 0.444 e. The predicted octanol–water partition coefficient (Wildman–Crippen LogP) is 0.631. The van der Waals surface area contributed by atoms with Crippen LogP contribution in [-0.2, 0) is 4.74 Å². The van der Waals surface area contributed by atoms with Crippen molar-refractivity contribution in [3.63, 3.8) is 0 Å². The monoisotopic (exact) mass is 258 g/mol. The molecule has 1 saturated heterocycles. The molecule has 7 nitrogen and oxygen atoms in total. The molecule has 1 rings (SSSR count). The van der Waals surface area contributed by atoms with E-state index in [0.717, 1.165) is 0 Å². The normalized spacial score (nSPS) is 22.0. The Morgan fingerprint density at radius 1 is 1.44 bits per heavy atom. The fraction of sp³-hybridized carbons (Fsp3) is 0.818. The van der Waals surface area contributed by atoms with E-state index in [1.54, 1.807) is 9.80 Å². The van der Waals surface area contributed by atoms with Gasteiger partial charge in [-0.25, -0.2) is 4.79 Å². The first kappa shape index (κ1) is 14.4. The quantitative estimate of drug-likeness (QED) is 0.288. The topological polar surface area (TPSA) is 91.4 Å². The minimum atomic E-state index is -0.500. The van der Waals surface area contributed by atoms with Crippen LogP contribution in [0.15, 0.2) is 5.16 Å². The Morgan fingerprint density at radius 3 is 2.50 bits per heavy atom. The van der Waals surface area contributed by atoms with Crippen molar-refractivity contribution in [1.29, 1.82) is 0 Å². The van der Waals surface area contributed by atoms with Crippen LogP contribution in [0.25, 0.3) is 0 Å². The molecule has 0 unspecified atom stereocenters. The van der Waals surface area contributed by atoms with Gasteiger partial charge in [0, 0.05) is 25.7 Å². The summed E-state index contributed by atoms with van der Waals surface area (Å²) in [5.74, 6) is 0.0747. The Labute approximate surface area is 107 Å².